The highest BCUT2D eigenvalue weighted by atomic mass is 19.1. The summed E-state index contributed by atoms with van der Waals surface area (Å²) in [5, 5.41) is 7.87. The van der Waals surface area contributed by atoms with Crippen LogP contribution < -0.4 is 16.0 Å². The van der Waals surface area contributed by atoms with Gasteiger partial charge in [-0.25, -0.2) is 19.0 Å². The maximum atomic E-state index is 13.1. The van der Waals surface area contributed by atoms with Gasteiger partial charge in [0.1, 0.15) is 17.2 Å². The molecule has 156 valence electrons. The van der Waals surface area contributed by atoms with Crippen molar-refractivity contribution in [1.82, 2.24) is 10.3 Å². The third-order valence-corrected chi connectivity index (χ3v) is 4.62. The Balaban J connectivity index is 1.82. The van der Waals surface area contributed by atoms with Gasteiger partial charge in [-0.15, -0.1) is 0 Å². The first-order valence-electron chi connectivity index (χ1n) is 9.60. The van der Waals surface area contributed by atoms with Crippen LogP contribution in [-0.4, -0.2) is 29.3 Å². The SMILES string of the molecule is CCC(C)(CC)OC(=O)Nc1cccc(CCNC(=O)Nc2cccc(F)c2)n1. The average molecular weight is 402 g/mol. The molecule has 1 aromatic carbocycles. The van der Waals surface area contributed by atoms with Crippen molar-refractivity contribution in [2.45, 2.75) is 45.6 Å². The Hall–Kier alpha value is -3.16. The lowest BCUT2D eigenvalue weighted by atomic mass is 10.0. The van der Waals surface area contributed by atoms with Crippen LogP contribution in [0.5, 0.6) is 0 Å². The van der Waals surface area contributed by atoms with Gasteiger partial charge in [-0.3, -0.25) is 5.32 Å². The van der Waals surface area contributed by atoms with Gasteiger partial charge in [0, 0.05) is 24.3 Å². The van der Waals surface area contributed by atoms with E-state index in [9.17, 15) is 14.0 Å². The summed E-state index contributed by atoms with van der Waals surface area (Å²) in [5.74, 6) is -0.0423. The van der Waals surface area contributed by atoms with Crippen molar-refractivity contribution in [3.05, 3.63) is 54.0 Å². The fourth-order valence-corrected chi connectivity index (χ4v) is 2.48. The number of urea groups is 1. The predicted octanol–water partition coefficient (Wildman–Crippen LogP) is 4.71. The van der Waals surface area contributed by atoms with E-state index >= 15 is 0 Å². The summed E-state index contributed by atoms with van der Waals surface area (Å²) in [6, 6.07) is 10.4. The quantitative estimate of drug-likeness (QED) is 0.596. The second-order valence-corrected chi connectivity index (χ2v) is 6.83. The average Bonchev–Trinajstić information content (AvgIpc) is 2.68. The third-order valence-electron chi connectivity index (χ3n) is 4.62. The van der Waals surface area contributed by atoms with Crippen molar-refractivity contribution in [2.75, 3.05) is 17.2 Å². The molecule has 0 bridgehead atoms. The molecule has 0 atom stereocenters. The summed E-state index contributed by atoms with van der Waals surface area (Å²) in [6.45, 7) is 6.14. The fraction of sp³-hybridized carbons (Fsp3) is 0.381. The molecule has 0 saturated carbocycles. The summed E-state index contributed by atoms with van der Waals surface area (Å²) in [4.78, 5) is 28.3. The van der Waals surface area contributed by atoms with Crippen LogP contribution in [0.3, 0.4) is 0 Å². The predicted molar refractivity (Wildman–Crippen MR) is 110 cm³/mol. The van der Waals surface area contributed by atoms with Crippen molar-refractivity contribution < 1.29 is 18.7 Å². The molecule has 0 spiro atoms. The van der Waals surface area contributed by atoms with Gasteiger partial charge < -0.3 is 15.4 Å². The molecule has 2 rings (SSSR count). The summed E-state index contributed by atoms with van der Waals surface area (Å²) in [6.07, 6.45) is 1.35. The van der Waals surface area contributed by atoms with Gasteiger partial charge in [0.15, 0.2) is 0 Å². The molecule has 0 saturated heterocycles. The van der Waals surface area contributed by atoms with Crippen LogP contribution in [0, 0.1) is 5.82 Å². The number of pyridine rings is 1. The number of nitrogens with one attached hydrogen (secondary N) is 3. The first kappa shape index (κ1) is 22.1. The largest absolute Gasteiger partial charge is 0.443 e. The second kappa shape index (κ2) is 10.4. The normalized spacial score (nSPS) is 10.9. The number of aromatic nitrogens is 1. The number of halogens is 1. The topological polar surface area (TPSA) is 92.4 Å². The molecule has 0 aliphatic heterocycles. The number of anilines is 2. The highest BCUT2D eigenvalue weighted by molar-refractivity contribution is 5.89. The minimum Gasteiger partial charge on any atom is -0.443 e. The number of benzene rings is 1. The van der Waals surface area contributed by atoms with Crippen molar-refractivity contribution in [1.29, 1.82) is 0 Å². The Kier molecular flexibility index (Phi) is 7.94. The van der Waals surface area contributed by atoms with Gasteiger partial charge in [0.05, 0.1) is 0 Å². The van der Waals surface area contributed by atoms with E-state index in [1.165, 1.54) is 18.2 Å². The van der Waals surface area contributed by atoms with Gasteiger partial charge in [0.2, 0.25) is 0 Å². The number of amides is 3. The third kappa shape index (κ3) is 7.40. The zero-order chi connectivity index (χ0) is 21.3. The summed E-state index contributed by atoms with van der Waals surface area (Å²) < 4.78 is 18.6. The summed E-state index contributed by atoms with van der Waals surface area (Å²) >= 11 is 0. The zero-order valence-electron chi connectivity index (χ0n) is 16.9. The van der Waals surface area contributed by atoms with Gasteiger partial charge >= 0.3 is 12.1 Å². The molecule has 7 nitrogen and oxygen atoms in total. The Bertz CT molecular complexity index is 840. The van der Waals surface area contributed by atoms with Crippen LogP contribution in [0.25, 0.3) is 0 Å². The number of hydrogen-bond donors (Lipinski definition) is 3. The van der Waals surface area contributed by atoms with Gasteiger partial charge in [-0.1, -0.05) is 26.0 Å². The van der Waals surface area contributed by atoms with Crippen LogP contribution in [0.2, 0.25) is 0 Å². The first-order valence-corrected chi connectivity index (χ1v) is 9.60. The molecular formula is C21H27FN4O3. The summed E-state index contributed by atoms with van der Waals surface area (Å²) in [7, 11) is 0. The Morgan fingerprint density at radius 1 is 1.10 bits per heavy atom. The molecule has 0 unspecified atom stereocenters. The van der Waals surface area contributed by atoms with Crippen molar-refractivity contribution in [2.24, 2.45) is 0 Å². The van der Waals surface area contributed by atoms with Crippen LogP contribution in [0.4, 0.5) is 25.5 Å². The molecule has 2 aromatic rings. The molecule has 3 N–H and O–H groups in total. The zero-order valence-corrected chi connectivity index (χ0v) is 16.9. The Labute approximate surface area is 170 Å². The highest BCUT2D eigenvalue weighted by Crippen LogP contribution is 2.20. The van der Waals surface area contributed by atoms with E-state index in [0.29, 0.717) is 43.0 Å². The summed E-state index contributed by atoms with van der Waals surface area (Å²) in [5.41, 5.74) is 0.555. The Morgan fingerprint density at radius 3 is 2.52 bits per heavy atom. The molecule has 0 radical (unpaired) electrons. The van der Waals surface area contributed by atoms with Crippen molar-refractivity contribution >= 4 is 23.6 Å². The van der Waals surface area contributed by atoms with Crippen LogP contribution in [0.1, 0.15) is 39.3 Å². The number of hydrogen-bond acceptors (Lipinski definition) is 4. The molecule has 8 heteroatoms. The van der Waals surface area contributed by atoms with Crippen LogP contribution in [0.15, 0.2) is 42.5 Å². The minimum atomic E-state index is -0.548. The van der Waals surface area contributed by atoms with E-state index in [-0.39, 0.29) is 0 Å². The standard InChI is InChI=1S/C21H27FN4O3/c1-4-21(3,5-2)29-20(28)26-18-11-7-9-16(24-18)12-13-23-19(27)25-17-10-6-8-15(22)14-17/h6-11,14H,4-5,12-13H2,1-3H3,(H2,23,25,27)(H,24,26,28). The molecule has 3 amide bonds. The lowest BCUT2D eigenvalue weighted by molar-refractivity contribution is 0.0281. The number of rotatable bonds is 8. The highest BCUT2D eigenvalue weighted by Gasteiger charge is 2.24. The van der Waals surface area contributed by atoms with Gasteiger partial charge in [-0.2, -0.15) is 0 Å². The lowest BCUT2D eigenvalue weighted by Crippen LogP contribution is -2.32. The smallest absolute Gasteiger partial charge is 0.413 e. The van der Waals surface area contributed by atoms with Gasteiger partial charge in [-0.05, 0) is 50.1 Å². The molecule has 0 fully saturated rings. The van der Waals surface area contributed by atoms with E-state index in [0.717, 1.165) is 0 Å². The molecule has 0 aliphatic rings. The number of carbonyl (C=O) groups is 2. The van der Waals surface area contributed by atoms with Gasteiger partial charge in [0.25, 0.3) is 0 Å². The molecule has 1 heterocycles. The van der Waals surface area contributed by atoms with E-state index in [1.807, 2.05) is 20.8 Å². The van der Waals surface area contributed by atoms with Crippen LogP contribution >= 0.6 is 0 Å². The maximum Gasteiger partial charge on any atom is 0.413 e. The molecule has 1 aromatic heterocycles. The maximum absolute atomic E-state index is 13.1. The van der Waals surface area contributed by atoms with Crippen molar-refractivity contribution in [3.63, 3.8) is 0 Å². The monoisotopic (exact) mass is 402 g/mol. The number of carbonyl (C=O) groups excluding carboxylic acids is 2. The number of nitrogens with zero attached hydrogens (tertiary/aromatic N) is 1. The fourth-order valence-electron chi connectivity index (χ4n) is 2.48. The van der Waals surface area contributed by atoms with E-state index in [4.69, 9.17) is 4.74 Å². The molecule has 0 aliphatic carbocycles. The van der Waals surface area contributed by atoms with Crippen LogP contribution in [-0.2, 0) is 11.2 Å². The first-order chi connectivity index (χ1) is 13.8. The molecule has 29 heavy (non-hydrogen) atoms. The molecular weight excluding hydrogens is 375 g/mol. The number of ether oxygens (including phenoxy) is 1. The minimum absolute atomic E-state index is 0.325. The van der Waals surface area contributed by atoms with E-state index in [1.54, 1.807) is 24.3 Å². The Morgan fingerprint density at radius 2 is 1.83 bits per heavy atom. The lowest BCUT2D eigenvalue weighted by Gasteiger charge is -2.26. The second-order valence-electron chi connectivity index (χ2n) is 6.83. The van der Waals surface area contributed by atoms with E-state index in [2.05, 4.69) is 20.9 Å². The van der Waals surface area contributed by atoms with Crippen molar-refractivity contribution in [3.8, 4) is 0 Å². The van der Waals surface area contributed by atoms with E-state index < -0.39 is 23.5 Å².